The van der Waals surface area contributed by atoms with Crippen LogP contribution in [0, 0.1) is 20.8 Å². The number of nitrogens with zero attached hydrogens (tertiary/aromatic N) is 2. The number of carbonyl (C=O) groups excluding carboxylic acids is 2. The van der Waals surface area contributed by atoms with Crippen LogP contribution in [0.2, 0.25) is 0 Å². The molecule has 0 spiro atoms. The number of pyridine rings is 1. The van der Waals surface area contributed by atoms with Gasteiger partial charge in [0.2, 0.25) is 5.78 Å². The van der Waals surface area contributed by atoms with Crippen molar-refractivity contribution in [1.29, 1.82) is 0 Å². The molecular formula is C22H22N2O3S. The molecule has 0 aliphatic carbocycles. The van der Waals surface area contributed by atoms with Gasteiger partial charge < -0.3 is 4.74 Å². The lowest BCUT2D eigenvalue weighted by Gasteiger charge is -2.15. The van der Waals surface area contributed by atoms with E-state index >= 15 is 0 Å². The Morgan fingerprint density at radius 1 is 1.14 bits per heavy atom. The Bertz CT molecular complexity index is 1010. The van der Waals surface area contributed by atoms with Crippen LogP contribution in [0.25, 0.3) is 10.6 Å². The third kappa shape index (κ3) is 4.51. The molecule has 0 saturated heterocycles. The van der Waals surface area contributed by atoms with E-state index in [2.05, 4.69) is 9.97 Å². The maximum Gasteiger partial charge on any atom is 0.312 e. The molecule has 0 unspecified atom stereocenters. The molecule has 0 aliphatic heterocycles. The average molecular weight is 394 g/mol. The summed E-state index contributed by atoms with van der Waals surface area (Å²) in [4.78, 5) is 33.5. The fraction of sp³-hybridized carbons (Fsp3) is 0.273. The second kappa shape index (κ2) is 8.44. The van der Waals surface area contributed by atoms with Gasteiger partial charge in [-0.25, -0.2) is 4.98 Å². The second-order valence-electron chi connectivity index (χ2n) is 6.81. The van der Waals surface area contributed by atoms with E-state index in [0.29, 0.717) is 11.3 Å². The highest BCUT2D eigenvalue weighted by molar-refractivity contribution is 7.13. The quantitative estimate of drug-likeness (QED) is 0.455. The van der Waals surface area contributed by atoms with Gasteiger partial charge in [0, 0.05) is 28.9 Å². The highest BCUT2D eigenvalue weighted by Crippen LogP contribution is 2.23. The summed E-state index contributed by atoms with van der Waals surface area (Å²) in [6.07, 6.45) is 2.61. The first-order valence-electron chi connectivity index (χ1n) is 9.01. The number of hydrogen-bond acceptors (Lipinski definition) is 6. The van der Waals surface area contributed by atoms with Crippen LogP contribution >= 0.6 is 11.3 Å². The van der Waals surface area contributed by atoms with Crippen molar-refractivity contribution < 1.29 is 14.3 Å². The van der Waals surface area contributed by atoms with E-state index in [-0.39, 0.29) is 12.2 Å². The van der Waals surface area contributed by atoms with Gasteiger partial charge in [0.05, 0.1) is 12.1 Å². The lowest BCUT2D eigenvalue weighted by Crippen LogP contribution is -2.26. The van der Waals surface area contributed by atoms with E-state index in [9.17, 15) is 9.59 Å². The van der Waals surface area contributed by atoms with Gasteiger partial charge in [-0.3, -0.25) is 14.6 Å². The minimum Gasteiger partial charge on any atom is -0.454 e. The van der Waals surface area contributed by atoms with Crippen LogP contribution in [0.3, 0.4) is 0 Å². The van der Waals surface area contributed by atoms with E-state index in [4.69, 9.17) is 4.74 Å². The number of thiazole rings is 1. The molecule has 2 heterocycles. The predicted octanol–water partition coefficient (Wildman–Crippen LogP) is 4.49. The lowest BCUT2D eigenvalue weighted by molar-refractivity contribution is -0.145. The molecule has 0 saturated carbocycles. The molecule has 0 amide bonds. The highest BCUT2D eigenvalue weighted by atomic mass is 32.1. The summed E-state index contributed by atoms with van der Waals surface area (Å²) in [5, 5.41) is 2.62. The van der Waals surface area contributed by atoms with Crippen molar-refractivity contribution in [2.75, 3.05) is 0 Å². The highest BCUT2D eigenvalue weighted by Gasteiger charge is 2.22. The monoisotopic (exact) mass is 394 g/mol. The number of Topliss-reactive ketones (excluding diaryl/α,β-unsaturated/α-hetero) is 1. The number of aryl methyl sites for hydroxylation is 3. The molecule has 2 aromatic heterocycles. The summed E-state index contributed by atoms with van der Waals surface area (Å²) in [7, 11) is 0. The zero-order valence-electron chi connectivity index (χ0n) is 16.4. The third-order valence-corrected chi connectivity index (χ3v) is 5.51. The standard InChI is InChI=1S/C22H22N2O3S/c1-13-8-15(3)19(9-14(13)2)21(26)16(4)27-20(25)10-18-12-28-22(24-18)17-6-5-7-23-11-17/h5-9,11-12,16H,10H2,1-4H3/t16-/m1/s1. The minimum absolute atomic E-state index is 0.0281. The van der Waals surface area contributed by atoms with Crippen molar-refractivity contribution in [3.63, 3.8) is 0 Å². The molecule has 144 valence electrons. The summed E-state index contributed by atoms with van der Waals surface area (Å²) in [5.41, 5.74) is 5.17. The summed E-state index contributed by atoms with van der Waals surface area (Å²) in [6.45, 7) is 7.47. The first kappa shape index (κ1) is 19.9. The smallest absolute Gasteiger partial charge is 0.312 e. The van der Waals surface area contributed by atoms with E-state index in [1.165, 1.54) is 11.3 Å². The van der Waals surface area contributed by atoms with Gasteiger partial charge in [-0.1, -0.05) is 6.07 Å². The fourth-order valence-corrected chi connectivity index (χ4v) is 3.71. The van der Waals surface area contributed by atoms with Gasteiger partial charge >= 0.3 is 5.97 Å². The summed E-state index contributed by atoms with van der Waals surface area (Å²) in [5.74, 6) is -0.659. The Morgan fingerprint density at radius 2 is 1.89 bits per heavy atom. The van der Waals surface area contributed by atoms with Crippen molar-refractivity contribution in [3.05, 3.63) is 70.0 Å². The van der Waals surface area contributed by atoms with Crippen LogP contribution in [-0.2, 0) is 16.0 Å². The molecule has 0 bridgehead atoms. The number of ketones is 1. The zero-order valence-corrected chi connectivity index (χ0v) is 17.2. The third-order valence-electron chi connectivity index (χ3n) is 4.57. The van der Waals surface area contributed by atoms with Gasteiger partial charge in [-0.05, 0) is 62.6 Å². The van der Waals surface area contributed by atoms with Crippen LogP contribution in [0.15, 0.2) is 42.0 Å². The van der Waals surface area contributed by atoms with Gasteiger partial charge in [0.25, 0.3) is 0 Å². The predicted molar refractivity (Wildman–Crippen MR) is 110 cm³/mol. The van der Waals surface area contributed by atoms with E-state index in [1.54, 1.807) is 19.3 Å². The molecule has 3 rings (SSSR count). The fourth-order valence-electron chi connectivity index (χ4n) is 2.90. The van der Waals surface area contributed by atoms with E-state index < -0.39 is 12.1 Å². The molecule has 1 atom stereocenters. The first-order chi connectivity index (χ1) is 13.3. The lowest BCUT2D eigenvalue weighted by atomic mass is 9.96. The topological polar surface area (TPSA) is 69.2 Å². The van der Waals surface area contributed by atoms with Gasteiger partial charge in [-0.2, -0.15) is 0 Å². The number of carbonyl (C=O) groups is 2. The number of aromatic nitrogens is 2. The number of benzene rings is 1. The maximum atomic E-state index is 12.7. The molecule has 6 heteroatoms. The Balaban J connectivity index is 1.64. The summed E-state index contributed by atoms with van der Waals surface area (Å²) < 4.78 is 5.37. The van der Waals surface area contributed by atoms with Crippen molar-refractivity contribution in [2.24, 2.45) is 0 Å². The molecule has 5 nitrogen and oxygen atoms in total. The Kier molecular flexibility index (Phi) is 5.99. The molecule has 0 fully saturated rings. The average Bonchev–Trinajstić information content (AvgIpc) is 3.13. The molecule has 28 heavy (non-hydrogen) atoms. The minimum atomic E-state index is -0.843. The largest absolute Gasteiger partial charge is 0.454 e. The molecule has 0 aliphatic rings. The van der Waals surface area contributed by atoms with Gasteiger partial charge in [-0.15, -0.1) is 11.3 Å². The Morgan fingerprint density at radius 3 is 2.61 bits per heavy atom. The summed E-state index contributed by atoms with van der Waals surface area (Å²) in [6, 6.07) is 7.59. The number of hydrogen-bond donors (Lipinski definition) is 0. The normalized spacial score (nSPS) is 11.9. The Labute approximate surface area is 168 Å². The SMILES string of the molecule is Cc1cc(C)c(C(=O)[C@@H](C)OC(=O)Cc2csc(-c3cccnc3)n2)cc1C. The van der Waals surface area contributed by atoms with Crippen LogP contribution < -0.4 is 0 Å². The maximum absolute atomic E-state index is 12.7. The second-order valence-corrected chi connectivity index (χ2v) is 7.67. The van der Waals surface area contributed by atoms with Crippen molar-refractivity contribution in [1.82, 2.24) is 9.97 Å². The van der Waals surface area contributed by atoms with Crippen LogP contribution in [0.4, 0.5) is 0 Å². The van der Waals surface area contributed by atoms with Gasteiger partial charge in [0.15, 0.2) is 6.10 Å². The van der Waals surface area contributed by atoms with Crippen molar-refractivity contribution in [3.8, 4) is 10.6 Å². The number of esters is 1. The van der Waals surface area contributed by atoms with Crippen LogP contribution in [-0.4, -0.2) is 27.8 Å². The van der Waals surface area contributed by atoms with E-state index in [0.717, 1.165) is 27.3 Å². The van der Waals surface area contributed by atoms with Crippen LogP contribution in [0.5, 0.6) is 0 Å². The first-order valence-corrected chi connectivity index (χ1v) is 9.89. The number of rotatable bonds is 6. The molecule has 0 radical (unpaired) electrons. The summed E-state index contributed by atoms with van der Waals surface area (Å²) >= 11 is 1.45. The van der Waals surface area contributed by atoms with Crippen molar-refractivity contribution in [2.45, 2.75) is 40.2 Å². The molecular weight excluding hydrogens is 372 g/mol. The van der Waals surface area contributed by atoms with E-state index in [1.807, 2.05) is 50.4 Å². The van der Waals surface area contributed by atoms with Crippen molar-refractivity contribution >= 4 is 23.1 Å². The molecule has 0 N–H and O–H groups in total. The Hall–Kier alpha value is -2.86. The van der Waals surface area contributed by atoms with Crippen LogP contribution in [0.1, 0.15) is 39.7 Å². The molecule has 1 aromatic carbocycles. The van der Waals surface area contributed by atoms with Gasteiger partial charge in [0.1, 0.15) is 5.01 Å². The zero-order chi connectivity index (χ0) is 20.3. The number of ether oxygens (including phenoxy) is 1. The molecule has 3 aromatic rings.